The minimum atomic E-state index is -3.73. The van der Waals surface area contributed by atoms with Gasteiger partial charge in [0.25, 0.3) is 15.9 Å². The SMILES string of the molecule is O=C(C1COc2cc(S(=O)(=O)N3CCCc4ccccc43)ccc2O1)N1CCCCC1. The maximum atomic E-state index is 13.4. The van der Waals surface area contributed by atoms with E-state index in [9.17, 15) is 13.2 Å². The molecule has 0 aliphatic carbocycles. The van der Waals surface area contributed by atoms with Crippen LogP contribution in [-0.2, 0) is 21.2 Å². The summed E-state index contributed by atoms with van der Waals surface area (Å²) in [7, 11) is -3.73. The molecule has 3 heterocycles. The number of rotatable bonds is 3. The van der Waals surface area contributed by atoms with Crippen molar-refractivity contribution in [3.63, 3.8) is 0 Å². The van der Waals surface area contributed by atoms with Crippen LogP contribution < -0.4 is 13.8 Å². The molecule has 2 aromatic carbocycles. The number of likely N-dealkylation sites (tertiary alicyclic amines) is 1. The van der Waals surface area contributed by atoms with Gasteiger partial charge in [-0.3, -0.25) is 9.10 Å². The molecular weight excluding hydrogens is 416 g/mol. The summed E-state index contributed by atoms with van der Waals surface area (Å²) in [6, 6.07) is 12.2. The van der Waals surface area contributed by atoms with Crippen molar-refractivity contribution in [2.45, 2.75) is 43.1 Å². The number of piperidine rings is 1. The van der Waals surface area contributed by atoms with Crippen molar-refractivity contribution in [3.05, 3.63) is 48.0 Å². The Balaban J connectivity index is 1.37. The first-order valence-electron chi connectivity index (χ1n) is 10.9. The van der Waals surface area contributed by atoms with E-state index in [1.165, 1.54) is 16.4 Å². The maximum absolute atomic E-state index is 13.4. The fraction of sp³-hybridized carbons (Fsp3) is 0.435. The van der Waals surface area contributed by atoms with Gasteiger partial charge in [0.15, 0.2) is 11.5 Å². The summed E-state index contributed by atoms with van der Waals surface area (Å²) in [6.07, 6.45) is 4.12. The molecule has 1 atom stereocenters. The van der Waals surface area contributed by atoms with Gasteiger partial charge in [-0.2, -0.15) is 0 Å². The minimum absolute atomic E-state index is 0.0630. The van der Waals surface area contributed by atoms with Gasteiger partial charge in [-0.1, -0.05) is 18.2 Å². The van der Waals surface area contributed by atoms with E-state index in [4.69, 9.17) is 9.47 Å². The lowest BCUT2D eigenvalue weighted by Gasteiger charge is -2.33. The Morgan fingerprint density at radius 1 is 0.935 bits per heavy atom. The molecule has 31 heavy (non-hydrogen) atoms. The molecule has 0 radical (unpaired) electrons. The molecule has 1 amide bonds. The summed E-state index contributed by atoms with van der Waals surface area (Å²) in [6.45, 7) is 2.03. The molecule has 0 bridgehead atoms. The Bertz CT molecular complexity index is 1090. The number of hydrogen-bond acceptors (Lipinski definition) is 5. The summed E-state index contributed by atoms with van der Waals surface area (Å²) >= 11 is 0. The Labute approximate surface area is 182 Å². The predicted octanol–water partition coefficient (Wildman–Crippen LogP) is 2.98. The topological polar surface area (TPSA) is 76.2 Å². The minimum Gasteiger partial charge on any atom is -0.485 e. The monoisotopic (exact) mass is 442 g/mol. The number of carbonyl (C=O) groups is 1. The second-order valence-electron chi connectivity index (χ2n) is 8.22. The van der Waals surface area contributed by atoms with Crippen molar-refractivity contribution in [2.24, 2.45) is 0 Å². The van der Waals surface area contributed by atoms with Gasteiger partial charge in [-0.05, 0) is 55.9 Å². The second-order valence-corrected chi connectivity index (χ2v) is 10.1. The highest BCUT2D eigenvalue weighted by molar-refractivity contribution is 7.92. The highest BCUT2D eigenvalue weighted by Gasteiger charge is 2.34. The number of nitrogens with zero attached hydrogens (tertiary/aromatic N) is 2. The van der Waals surface area contributed by atoms with Crippen LogP contribution in [0.3, 0.4) is 0 Å². The molecule has 0 N–H and O–H groups in total. The number of ether oxygens (including phenoxy) is 2. The standard InChI is InChI=1S/C23H26N2O5S/c26-23(24-12-4-1-5-13-24)22-16-29-21-15-18(10-11-20(21)30-22)31(27,28)25-14-6-8-17-7-2-3-9-19(17)25/h2-3,7,9-11,15,22H,1,4-6,8,12-14,16H2. The molecule has 1 unspecified atom stereocenters. The number of sulfonamides is 1. The van der Waals surface area contributed by atoms with Crippen LogP contribution in [-0.4, -0.2) is 51.6 Å². The zero-order chi connectivity index (χ0) is 21.4. The Morgan fingerprint density at radius 2 is 1.74 bits per heavy atom. The molecule has 0 aromatic heterocycles. The number of fused-ring (bicyclic) bond motifs is 2. The van der Waals surface area contributed by atoms with Crippen molar-refractivity contribution in [1.82, 2.24) is 4.90 Å². The van der Waals surface area contributed by atoms with Crippen molar-refractivity contribution < 1.29 is 22.7 Å². The molecule has 7 nitrogen and oxygen atoms in total. The summed E-state index contributed by atoms with van der Waals surface area (Å²) in [5, 5.41) is 0. The maximum Gasteiger partial charge on any atom is 0.267 e. The molecule has 164 valence electrons. The second kappa shape index (κ2) is 8.07. The number of anilines is 1. The van der Waals surface area contributed by atoms with Crippen molar-refractivity contribution in [3.8, 4) is 11.5 Å². The molecule has 1 saturated heterocycles. The molecule has 3 aliphatic rings. The van der Waals surface area contributed by atoms with Gasteiger partial charge in [0.2, 0.25) is 6.10 Å². The molecule has 0 spiro atoms. The number of amides is 1. The molecule has 3 aliphatic heterocycles. The van der Waals surface area contributed by atoms with E-state index in [2.05, 4.69) is 0 Å². The molecule has 1 fully saturated rings. The molecule has 8 heteroatoms. The largest absolute Gasteiger partial charge is 0.485 e. The predicted molar refractivity (Wildman–Crippen MR) is 116 cm³/mol. The lowest BCUT2D eigenvalue weighted by molar-refractivity contribution is -0.142. The fourth-order valence-corrected chi connectivity index (χ4v) is 6.08. The van der Waals surface area contributed by atoms with E-state index >= 15 is 0 Å². The van der Waals surface area contributed by atoms with Gasteiger partial charge < -0.3 is 14.4 Å². The first-order valence-corrected chi connectivity index (χ1v) is 12.3. The van der Waals surface area contributed by atoms with Gasteiger partial charge in [-0.15, -0.1) is 0 Å². The Morgan fingerprint density at radius 3 is 2.58 bits per heavy atom. The molecule has 0 saturated carbocycles. The Kier molecular flexibility index (Phi) is 5.25. The van der Waals surface area contributed by atoms with Crippen LogP contribution >= 0.6 is 0 Å². The van der Waals surface area contributed by atoms with Gasteiger partial charge in [0.05, 0.1) is 10.6 Å². The van der Waals surface area contributed by atoms with Gasteiger partial charge in [-0.25, -0.2) is 8.42 Å². The third-order valence-electron chi connectivity index (χ3n) is 6.17. The molecule has 2 aromatic rings. The lowest BCUT2D eigenvalue weighted by atomic mass is 10.0. The first kappa shape index (κ1) is 20.2. The third kappa shape index (κ3) is 3.73. The van der Waals surface area contributed by atoms with Gasteiger partial charge in [0, 0.05) is 25.7 Å². The zero-order valence-electron chi connectivity index (χ0n) is 17.3. The zero-order valence-corrected chi connectivity index (χ0v) is 18.1. The van der Waals surface area contributed by atoms with Gasteiger partial charge >= 0.3 is 0 Å². The average Bonchev–Trinajstić information content (AvgIpc) is 2.83. The smallest absolute Gasteiger partial charge is 0.267 e. The van der Waals surface area contributed by atoms with E-state index in [1.54, 1.807) is 6.07 Å². The number of benzene rings is 2. The van der Waals surface area contributed by atoms with Gasteiger partial charge in [0.1, 0.15) is 6.61 Å². The highest BCUT2D eigenvalue weighted by Crippen LogP contribution is 2.37. The number of carbonyl (C=O) groups excluding carboxylic acids is 1. The highest BCUT2D eigenvalue weighted by atomic mass is 32.2. The van der Waals surface area contributed by atoms with Crippen molar-refractivity contribution in [2.75, 3.05) is 30.5 Å². The van der Waals surface area contributed by atoms with E-state index in [-0.39, 0.29) is 17.4 Å². The van der Waals surface area contributed by atoms with Crippen molar-refractivity contribution >= 4 is 21.6 Å². The van der Waals surface area contributed by atoms with Crippen LogP contribution in [0.4, 0.5) is 5.69 Å². The van der Waals surface area contributed by atoms with Crippen LogP contribution in [0.25, 0.3) is 0 Å². The van der Waals surface area contributed by atoms with Crippen LogP contribution in [0, 0.1) is 0 Å². The molecular formula is C23H26N2O5S. The van der Waals surface area contributed by atoms with E-state index in [1.807, 2.05) is 29.2 Å². The quantitative estimate of drug-likeness (QED) is 0.731. The van der Waals surface area contributed by atoms with Crippen molar-refractivity contribution in [1.29, 1.82) is 0 Å². The average molecular weight is 443 g/mol. The molecule has 5 rings (SSSR count). The first-order chi connectivity index (χ1) is 15.0. The fourth-order valence-electron chi connectivity index (χ4n) is 4.53. The Hall–Kier alpha value is -2.74. The van der Waals surface area contributed by atoms with E-state index < -0.39 is 16.1 Å². The van der Waals surface area contributed by atoms with Crippen LogP contribution in [0.1, 0.15) is 31.2 Å². The lowest BCUT2D eigenvalue weighted by Crippen LogP contribution is -2.48. The number of hydrogen-bond donors (Lipinski definition) is 0. The summed E-state index contributed by atoms with van der Waals surface area (Å²) in [4.78, 5) is 14.7. The number of aryl methyl sites for hydroxylation is 1. The third-order valence-corrected chi connectivity index (χ3v) is 7.98. The summed E-state index contributed by atoms with van der Waals surface area (Å²) < 4.78 is 39.9. The normalized spacial score (nSPS) is 20.8. The van der Waals surface area contributed by atoms with Crippen LogP contribution in [0.5, 0.6) is 11.5 Å². The van der Waals surface area contributed by atoms with E-state index in [0.717, 1.165) is 56.4 Å². The summed E-state index contributed by atoms with van der Waals surface area (Å²) in [5.74, 6) is 0.695. The van der Waals surface area contributed by atoms with Crippen LogP contribution in [0.15, 0.2) is 47.4 Å². The van der Waals surface area contributed by atoms with Crippen LogP contribution in [0.2, 0.25) is 0 Å². The number of para-hydroxylation sites is 1. The summed E-state index contributed by atoms with van der Waals surface area (Å²) in [5.41, 5.74) is 1.77. The van der Waals surface area contributed by atoms with E-state index in [0.29, 0.717) is 18.0 Å².